The van der Waals surface area contributed by atoms with Crippen molar-refractivity contribution >= 4 is 17.8 Å². The van der Waals surface area contributed by atoms with Crippen molar-refractivity contribution in [1.29, 1.82) is 0 Å². The van der Waals surface area contributed by atoms with Gasteiger partial charge in [-0.25, -0.2) is 0 Å². The summed E-state index contributed by atoms with van der Waals surface area (Å²) in [5.74, 6) is 1.74. The second-order valence-corrected chi connectivity index (χ2v) is 9.83. The molecule has 6 heteroatoms. The van der Waals surface area contributed by atoms with Gasteiger partial charge >= 0.3 is 5.97 Å². The molecule has 0 aromatic rings. The fraction of sp³-hybridized carbons (Fsp3) is 0.864. The van der Waals surface area contributed by atoms with Crippen molar-refractivity contribution in [2.75, 3.05) is 26.2 Å². The van der Waals surface area contributed by atoms with E-state index in [4.69, 9.17) is 4.74 Å². The summed E-state index contributed by atoms with van der Waals surface area (Å²) in [6, 6.07) is 0. The Labute approximate surface area is 167 Å². The largest absolute Gasteiger partial charge is 0.454 e. The van der Waals surface area contributed by atoms with Crippen LogP contribution in [0, 0.1) is 23.2 Å². The summed E-state index contributed by atoms with van der Waals surface area (Å²) in [6.07, 6.45) is 12.5. The third-order valence-electron chi connectivity index (χ3n) is 7.45. The molecule has 4 aliphatic carbocycles. The SMILES string of the molecule is O=C(CC12CC3CC(CC(C3)C1)C2)NCC(=O)OCC(=O)N1CCCCCC1. The minimum atomic E-state index is -0.526. The molecular formula is C22H34N2O4. The normalized spacial score (nSPS) is 34.0. The Bertz CT molecular complexity index is 574. The molecular weight excluding hydrogens is 356 g/mol. The summed E-state index contributed by atoms with van der Waals surface area (Å²) in [6.45, 7) is 1.14. The standard InChI is InChI=1S/C22H34N2O4/c25-19(13-22-10-16-7-17(11-22)9-18(8-16)12-22)23-14-21(27)28-15-20(26)24-5-3-1-2-4-6-24/h16-18H,1-15H2,(H,23,25). The van der Waals surface area contributed by atoms with Crippen molar-refractivity contribution < 1.29 is 19.1 Å². The number of ether oxygens (including phenoxy) is 1. The smallest absolute Gasteiger partial charge is 0.325 e. The molecule has 1 aliphatic heterocycles. The van der Waals surface area contributed by atoms with Gasteiger partial charge in [-0.2, -0.15) is 0 Å². The highest BCUT2D eigenvalue weighted by Gasteiger charge is 2.51. The first-order valence-corrected chi connectivity index (χ1v) is 11.2. The number of nitrogens with zero attached hydrogens (tertiary/aromatic N) is 1. The highest BCUT2D eigenvalue weighted by molar-refractivity contribution is 5.84. The monoisotopic (exact) mass is 390 g/mol. The van der Waals surface area contributed by atoms with E-state index >= 15 is 0 Å². The highest BCUT2D eigenvalue weighted by Crippen LogP contribution is 2.61. The van der Waals surface area contributed by atoms with Crippen LogP contribution in [-0.4, -0.2) is 48.9 Å². The molecule has 0 radical (unpaired) electrons. The van der Waals surface area contributed by atoms with Crippen LogP contribution in [0.3, 0.4) is 0 Å². The maximum atomic E-state index is 12.5. The number of likely N-dealkylation sites (tertiary alicyclic amines) is 1. The number of hydrogen-bond acceptors (Lipinski definition) is 4. The van der Waals surface area contributed by atoms with E-state index in [0.717, 1.165) is 56.5 Å². The fourth-order valence-electron chi connectivity index (χ4n) is 6.68. The fourth-order valence-corrected chi connectivity index (χ4v) is 6.68. The van der Waals surface area contributed by atoms with Crippen LogP contribution < -0.4 is 5.32 Å². The summed E-state index contributed by atoms with van der Waals surface area (Å²) in [7, 11) is 0. The van der Waals surface area contributed by atoms with Gasteiger partial charge in [0.2, 0.25) is 5.91 Å². The lowest BCUT2D eigenvalue weighted by atomic mass is 9.49. The molecule has 0 aromatic heterocycles. The van der Waals surface area contributed by atoms with Crippen LogP contribution in [0.15, 0.2) is 0 Å². The Balaban J connectivity index is 1.17. The van der Waals surface area contributed by atoms with E-state index in [1.165, 1.54) is 38.5 Å². The van der Waals surface area contributed by atoms with E-state index in [0.29, 0.717) is 6.42 Å². The Morgan fingerprint density at radius 1 is 0.893 bits per heavy atom. The molecule has 0 atom stereocenters. The molecule has 5 aliphatic rings. The minimum absolute atomic E-state index is 0.0438. The minimum Gasteiger partial charge on any atom is -0.454 e. The number of amides is 2. The van der Waals surface area contributed by atoms with E-state index in [-0.39, 0.29) is 30.4 Å². The predicted octanol–water partition coefficient (Wildman–Crippen LogP) is 2.65. The quantitative estimate of drug-likeness (QED) is 0.708. The Kier molecular flexibility index (Phi) is 5.93. The first-order chi connectivity index (χ1) is 13.5. The third-order valence-corrected chi connectivity index (χ3v) is 7.45. The summed E-state index contributed by atoms with van der Waals surface area (Å²) in [4.78, 5) is 38.4. The van der Waals surface area contributed by atoms with Gasteiger partial charge in [0.05, 0.1) is 0 Å². The zero-order valence-corrected chi connectivity index (χ0v) is 16.9. The van der Waals surface area contributed by atoms with Crippen molar-refractivity contribution in [3.63, 3.8) is 0 Å². The van der Waals surface area contributed by atoms with Crippen molar-refractivity contribution in [3.05, 3.63) is 0 Å². The van der Waals surface area contributed by atoms with Crippen molar-refractivity contribution in [2.24, 2.45) is 23.2 Å². The molecule has 2 amide bonds. The first-order valence-electron chi connectivity index (χ1n) is 11.2. The van der Waals surface area contributed by atoms with Gasteiger partial charge in [-0.1, -0.05) is 12.8 Å². The number of carbonyl (C=O) groups excluding carboxylic acids is 3. The highest BCUT2D eigenvalue weighted by atomic mass is 16.5. The number of nitrogens with one attached hydrogen (secondary N) is 1. The predicted molar refractivity (Wildman–Crippen MR) is 104 cm³/mol. The van der Waals surface area contributed by atoms with E-state index < -0.39 is 5.97 Å². The number of esters is 1. The molecule has 1 N–H and O–H groups in total. The molecule has 0 spiro atoms. The van der Waals surface area contributed by atoms with Gasteiger partial charge in [0, 0.05) is 19.5 Å². The lowest BCUT2D eigenvalue weighted by Crippen LogP contribution is -2.48. The first kappa shape index (κ1) is 19.7. The molecule has 1 saturated heterocycles. The van der Waals surface area contributed by atoms with Crippen LogP contribution in [-0.2, 0) is 19.1 Å². The van der Waals surface area contributed by atoms with Gasteiger partial charge in [-0.15, -0.1) is 0 Å². The summed E-state index contributed by atoms with van der Waals surface area (Å²) in [5.41, 5.74) is 0.172. The van der Waals surface area contributed by atoms with Gasteiger partial charge in [-0.05, 0) is 74.5 Å². The van der Waals surface area contributed by atoms with Gasteiger partial charge < -0.3 is 15.0 Å². The van der Waals surface area contributed by atoms with Crippen LogP contribution in [0.1, 0.15) is 70.6 Å². The molecule has 4 saturated carbocycles. The van der Waals surface area contributed by atoms with Gasteiger partial charge in [0.1, 0.15) is 6.54 Å². The Morgan fingerprint density at radius 2 is 1.46 bits per heavy atom. The molecule has 156 valence electrons. The molecule has 5 fully saturated rings. The lowest BCUT2D eigenvalue weighted by Gasteiger charge is -2.56. The molecule has 4 bridgehead atoms. The lowest BCUT2D eigenvalue weighted by molar-refractivity contribution is -0.152. The third kappa shape index (κ3) is 4.69. The number of hydrogen-bond donors (Lipinski definition) is 1. The summed E-state index contributed by atoms with van der Waals surface area (Å²) in [5, 5.41) is 2.73. The number of rotatable bonds is 6. The van der Waals surface area contributed by atoms with Gasteiger partial charge in [0.15, 0.2) is 6.61 Å². The Morgan fingerprint density at radius 3 is 2.04 bits per heavy atom. The van der Waals surface area contributed by atoms with Crippen LogP contribution in [0.25, 0.3) is 0 Å². The maximum Gasteiger partial charge on any atom is 0.325 e. The van der Waals surface area contributed by atoms with Crippen molar-refractivity contribution in [2.45, 2.75) is 70.6 Å². The second-order valence-electron chi connectivity index (χ2n) is 9.83. The van der Waals surface area contributed by atoms with Crippen molar-refractivity contribution in [1.82, 2.24) is 10.2 Å². The second kappa shape index (κ2) is 8.42. The van der Waals surface area contributed by atoms with Crippen LogP contribution in [0.4, 0.5) is 0 Å². The van der Waals surface area contributed by atoms with E-state index in [1.54, 1.807) is 4.90 Å². The van der Waals surface area contributed by atoms with E-state index in [9.17, 15) is 14.4 Å². The average molecular weight is 391 g/mol. The molecule has 0 unspecified atom stereocenters. The number of carbonyl (C=O) groups is 3. The Hall–Kier alpha value is -1.59. The summed E-state index contributed by atoms with van der Waals surface area (Å²) >= 11 is 0. The van der Waals surface area contributed by atoms with Gasteiger partial charge in [0.25, 0.3) is 5.91 Å². The summed E-state index contributed by atoms with van der Waals surface area (Å²) < 4.78 is 5.10. The molecule has 5 rings (SSSR count). The zero-order chi connectivity index (χ0) is 19.6. The molecule has 28 heavy (non-hydrogen) atoms. The van der Waals surface area contributed by atoms with Crippen LogP contribution >= 0.6 is 0 Å². The van der Waals surface area contributed by atoms with E-state index in [1.807, 2.05) is 0 Å². The zero-order valence-electron chi connectivity index (χ0n) is 16.9. The van der Waals surface area contributed by atoms with Crippen molar-refractivity contribution in [3.8, 4) is 0 Å². The molecule has 1 heterocycles. The van der Waals surface area contributed by atoms with Crippen LogP contribution in [0.5, 0.6) is 0 Å². The van der Waals surface area contributed by atoms with E-state index in [2.05, 4.69) is 5.32 Å². The maximum absolute atomic E-state index is 12.5. The molecule has 6 nitrogen and oxygen atoms in total. The molecule has 0 aromatic carbocycles. The van der Waals surface area contributed by atoms with Gasteiger partial charge in [-0.3, -0.25) is 14.4 Å². The van der Waals surface area contributed by atoms with Crippen LogP contribution in [0.2, 0.25) is 0 Å². The topological polar surface area (TPSA) is 75.7 Å². The average Bonchev–Trinajstić information content (AvgIpc) is 2.92.